The van der Waals surface area contributed by atoms with Gasteiger partial charge in [-0.05, 0) is 19.1 Å². The second-order valence-electron chi connectivity index (χ2n) is 3.71. The lowest BCUT2D eigenvalue weighted by atomic mass is 10.2. The van der Waals surface area contributed by atoms with Crippen molar-refractivity contribution in [2.24, 2.45) is 0 Å². The van der Waals surface area contributed by atoms with Crippen LogP contribution in [0.4, 0.5) is 0 Å². The lowest BCUT2D eigenvalue weighted by Gasteiger charge is -2.10. The van der Waals surface area contributed by atoms with Crippen molar-refractivity contribution in [1.29, 1.82) is 0 Å². The Bertz CT molecular complexity index is 544. The lowest BCUT2D eigenvalue weighted by molar-refractivity contribution is 0.322. The van der Waals surface area contributed by atoms with Gasteiger partial charge in [-0.1, -0.05) is 28.8 Å². The molecule has 0 unspecified atom stereocenters. The number of hydrogen-bond acceptors (Lipinski definition) is 3. The SMILES string of the molecule is C=C(C)CCOc1c(Cl)cc(S(=O)(=O)Cl)cc1Cl. The Morgan fingerprint density at radius 1 is 1.33 bits per heavy atom. The molecule has 0 aliphatic rings. The molecule has 0 aliphatic carbocycles. The molecule has 0 spiro atoms. The van der Waals surface area contributed by atoms with Crippen LogP contribution in [0.15, 0.2) is 29.2 Å². The zero-order chi connectivity index (χ0) is 13.9. The summed E-state index contributed by atoms with van der Waals surface area (Å²) in [4.78, 5) is -0.161. The van der Waals surface area contributed by atoms with Gasteiger partial charge in [0.15, 0.2) is 5.75 Å². The number of hydrogen-bond donors (Lipinski definition) is 0. The van der Waals surface area contributed by atoms with E-state index < -0.39 is 9.05 Å². The summed E-state index contributed by atoms with van der Waals surface area (Å²) in [6.07, 6.45) is 0.655. The van der Waals surface area contributed by atoms with Crippen molar-refractivity contribution in [3.05, 3.63) is 34.3 Å². The average molecular weight is 330 g/mol. The molecule has 0 N–H and O–H groups in total. The molecule has 0 heterocycles. The maximum atomic E-state index is 11.1. The van der Waals surface area contributed by atoms with E-state index in [1.54, 1.807) is 0 Å². The van der Waals surface area contributed by atoms with Crippen LogP contribution in [0.1, 0.15) is 13.3 Å². The third kappa shape index (κ3) is 4.35. The Labute approximate surface area is 121 Å². The van der Waals surface area contributed by atoms with Gasteiger partial charge in [0.05, 0.1) is 21.5 Å². The summed E-state index contributed by atoms with van der Waals surface area (Å²) in [6, 6.07) is 2.40. The highest BCUT2D eigenvalue weighted by molar-refractivity contribution is 8.13. The third-order valence-electron chi connectivity index (χ3n) is 2.03. The van der Waals surface area contributed by atoms with E-state index in [2.05, 4.69) is 6.58 Å². The molecule has 1 aromatic carbocycles. The van der Waals surface area contributed by atoms with Crippen LogP contribution in [-0.4, -0.2) is 15.0 Å². The molecule has 0 bridgehead atoms. The van der Waals surface area contributed by atoms with Crippen molar-refractivity contribution in [1.82, 2.24) is 0 Å². The summed E-state index contributed by atoms with van der Waals surface area (Å²) >= 11 is 11.8. The van der Waals surface area contributed by atoms with Crippen molar-refractivity contribution in [2.45, 2.75) is 18.2 Å². The average Bonchev–Trinajstić information content (AvgIpc) is 2.20. The Morgan fingerprint density at radius 2 is 1.83 bits per heavy atom. The van der Waals surface area contributed by atoms with Crippen molar-refractivity contribution in [3.63, 3.8) is 0 Å². The fraction of sp³-hybridized carbons (Fsp3) is 0.273. The molecule has 1 aromatic rings. The van der Waals surface area contributed by atoms with Crippen LogP contribution in [-0.2, 0) is 9.05 Å². The topological polar surface area (TPSA) is 43.4 Å². The van der Waals surface area contributed by atoms with E-state index in [4.69, 9.17) is 38.6 Å². The molecule has 0 amide bonds. The molecule has 0 saturated heterocycles. The minimum Gasteiger partial charge on any atom is -0.490 e. The standard InChI is InChI=1S/C11H11Cl3O3S/c1-7(2)3-4-17-11-9(12)5-8(6-10(11)13)18(14,15)16/h5-6H,1,3-4H2,2H3. The summed E-state index contributed by atoms with van der Waals surface area (Å²) in [5.74, 6) is 0.239. The Kier molecular flexibility index (Phi) is 5.34. The number of halogens is 3. The number of rotatable bonds is 5. The minimum atomic E-state index is -3.86. The van der Waals surface area contributed by atoms with Crippen LogP contribution in [0.5, 0.6) is 5.75 Å². The second-order valence-corrected chi connectivity index (χ2v) is 7.09. The van der Waals surface area contributed by atoms with Gasteiger partial charge in [0.1, 0.15) is 0 Å². The summed E-state index contributed by atoms with van der Waals surface area (Å²) in [5.41, 5.74) is 0.960. The van der Waals surface area contributed by atoms with E-state index in [9.17, 15) is 8.42 Å². The molecule has 0 aromatic heterocycles. The molecule has 7 heteroatoms. The first-order valence-corrected chi connectivity index (χ1v) is 7.99. The van der Waals surface area contributed by atoms with Gasteiger partial charge in [0.2, 0.25) is 0 Å². The van der Waals surface area contributed by atoms with Gasteiger partial charge in [-0.2, -0.15) is 0 Å². The van der Waals surface area contributed by atoms with Crippen LogP contribution in [0.3, 0.4) is 0 Å². The van der Waals surface area contributed by atoms with Crippen LogP contribution < -0.4 is 4.74 Å². The van der Waals surface area contributed by atoms with Crippen molar-refractivity contribution in [2.75, 3.05) is 6.61 Å². The third-order valence-corrected chi connectivity index (χ3v) is 3.92. The largest absolute Gasteiger partial charge is 0.490 e. The molecular weight excluding hydrogens is 319 g/mol. The zero-order valence-electron chi connectivity index (χ0n) is 9.54. The quantitative estimate of drug-likeness (QED) is 0.598. The van der Waals surface area contributed by atoms with Gasteiger partial charge in [0, 0.05) is 17.1 Å². The highest BCUT2D eigenvalue weighted by Gasteiger charge is 2.16. The van der Waals surface area contributed by atoms with Crippen LogP contribution in [0.25, 0.3) is 0 Å². The Hall–Kier alpha value is -0.420. The maximum absolute atomic E-state index is 11.1. The molecule has 0 fully saturated rings. The highest BCUT2D eigenvalue weighted by Crippen LogP contribution is 2.36. The van der Waals surface area contributed by atoms with Crippen LogP contribution in [0.2, 0.25) is 10.0 Å². The minimum absolute atomic E-state index is 0.100. The normalized spacial score (nSPS) is 11.3. The first kappa shape index (κ1) is 15.6. The predicted molar refractivity (Wildman–Crippen MR) is 74.4 cm³/mol. The molecule has 0 aliphatic heterocycles. The van der Waals surface area contributed by atoms with E-state index in [1.165, 1.54) is 12.1 Å². The molecule has 100 valence electrons. The molecule has 1 rings (SSSR count). The Balaban J connectivity index is 2.99. The van der Waals surface area contributed by atoms with Crippen molar-refractivity contribution < 1.29 is 13.2 Å². The molecule has 0 radical (unpaired) electrons. The molecule has 18 heavy (non-hydrogen) atoms. The van der Waals surface area contributed by atoms with E-state index in [1.807, 2.05) is 6.92 Å². The maximum Gasteiger partial charge on any atom is 0.261 e. The van der Waals surface area contributed by atoms with Crippen LogP contribution in [0, 0.1) is 0 Å². The monoisotopic (exact) mass is 328 g/mol. The van der Waals surface area contributed by atoms with Gasteiger partial charge in [0.25, 0.3) is 9.05 Å². The summed E-state index contributed by atoms with van der Waals surface area (Å²) in [6.45, 7) is 5.97. The van der Waals surface area contributed by atoms with Gasteiger partial charge in [-0.25, -0.2) is 8.42 Å². The Morgan fingerprint density at radius 3 is 2.22 bits per heavy atom. The summed E-state index contributed by atoms with van der Waals surface area (Å²) in [7, 11) is 1.34. The van der Waals surface area contributed by atoms with Gasteiger partial charge < -0.3 is 4.74 Å². The predicted octanol–water partition coefficient (Wildman–Crippen LogP) is 4.27. The highest BCUT2D eigenvalue weighted by atomic mass is 35.7. The van der Waals surface area contributed by atoms with Gasteiger partial charge in [-0.15, -0.1) is 6.58 Å². The van der Waals surface area contributed by atoms with Gasteiger partial charge in [-0.3, -0.25) is 0 Å². The summed E-state index contributed by atoms with van der Waals surface area (Å²) in [5, 5.41) is 0.201. The van der Waals surface area contributed by atoms with E-state index >= 15 is 0 Å². The fourth-order valence-corrected chi connectivity index (χ4v) is 2.65. The summed E-state index contributed by atoms with van der Waals surface area (Å²) < 4.78 is 27.7. The van der Waals surface area contributed by atoms with Crippen molar-refractivity contribution >= 4 is 42.9 Å². The molecule has 0 saturated carbocycles. The van der Waals surface area contributed by atoms with E-state index in [0.29, 0.717) is 13.0 Å². The van der Waals surface area contributed by atoms with Crippen LogP contribution >= 0.6 is 33.9 Å². The first-order chi connectivity index (χ1) is 8.21. The number of benzene rings is 1. The molecule has 3 nitrogen and oxygen atoms in total. The smallest absolute Gasteiger partial charge is 0.261 e. The first-order valence-electron chi connectivity index (χ1n) is 4.92. The lowest BCUT2D eigenvalue weighted by Crippen LogP contribution is -2.00. The second kappa shape index (κ2) is 6.15. The number of ether oxygens (including phenoxy) is 1. The van der Waals surface area contributed by atoms with E-state index in [-0.39, 0.29) is 20.7 Å². The van der Waals surface area contributed by atoms with E-state index in [0.717, 1.165) is 5.57 Å². The van der Waals surface area contributed by atoms with Gasteiger partial charge >= 0.3 is 0 Å². The fourth-order valence-electron chi connectivity index (χ4n) is 1.14. The van der Waals surface area contributed by atoms with Crippen molar-refractivity contribution in [3.8, 4) is 5.75 Å². The molecular formula is C11H11Cl3O3S. The zero-order valence-corrected chi connectivity index (χ0v) is 12.6. The molecule has 0 atom stereocenters.